The van der Waals surface area contributed by atoms with Crippen molar-refractivity contribution in [2.45, 2.75) is 33.8 Å². The summed E-state index contributed by atoms with van der Waals surface area (Å²) < 4.78 is 5.37. The summed E-state index contributed by atoms with van der Waals surface area (Å²) in [4.78, 5) is 11.9. The predicted octanol–water partition coefficient (Wildman–Crippen LogP) is 2.10. The van der Waals surface area contributed by atoms with Gasteiger partial charge in [0, 0.05) is 12.0 Å². The van der Waals surface area contributed by atoms with Gasteiger partial charge in [0.05, 0.1) is 11.7 Å². The number of para-hydroxylation sites is 1. The van der Waals surface area contributed by atoms with E-state index >= 15 is 0 Å². The molecular formula is C17H24N2O3. The second kappa shape index (κ2) is 7.81. The zero-order valence-electron chi connectivity index (χ0n) is 13.6. The molecule has 0 radical (unpaired) electrons. The molecule has 5 heteroatoms. The van der Waals surface area contributed by atoms with E-state index in [1.807, 2.05) is 33.8 Å². The number of rotatable bonds is 7. The lowest BCUT2D eigenvalue weighted by Gasteiger charge is -2.33. The van der Waals surface area contributed by atoms with Gasteiger partial charge in [-0.1, -0.05) is 39.8 Å². The minimum absolute atomic E-state index is 0.116. The SMILES string of the molecule is CC(C)C(O)C(C)(C)CNC(=O)COc1ccccc1C#N. The van der Waals surface area contributed by atoms with Crippen LogP contribution in [0.1, 0.15) is 33.3 Å². The number of ether oxygens (including phenoxy) is 1. The van der Waals surface area contributed by atoms with Crippen molar-refractivity contribution in [3.63, 3.8) is 0 Å². The highest BCUT2D eigenvalue weighted by Gasteiger charge is 2.30. The zero-order chi connectivity index (χ0) is 16.8. The first-order valence-corrected chi connectivity index (χ1v) is 7.34. The second-order valence-electron chi connectivity index (χ2n) is 6.35. The molecule has 120 valence electrons. The number of amides is 1. The Morgan fingerprint density at radius 1 is 1.41 bits per heavy atom. The predicted molar refractivity (Wildman–Crippen MR) is 84.3 cm³/mol. The van der Waals surface area contributed by atoms with E-state index in [0.29, 0.717) is 17.9 Å². The van der Waals surface area contributed by atoms with Crippen LogP contribution in [-0.2, 0) is 4.79 Å². The van der Waals surface area contributed by atoms with Crippen molar-refractivity contribution in [1.82, 2.24) is 5.32 Å². The third-order valence-corrected chi connectivity index (χ3v) is 3.54. The van der Waals surface area contributed by atoms with E-state index in [4.69, 9.17) is 10.00 Å². The fourth-order valence-electron chi connectivity index (χ4n) is 2.21. The summed E-state index contributed by atoms with van der Waals surface area (Å²) in [5, 5.41) is 21.8. The summed E-state index contributed by atoms with van der Waals surface area (Å²) in [7, 11) is 0. The molecule has 0 aromatic heterocycles. The highest BCUT2D eigenvalue weighted by atomic mass is 16.5. The first-order chi connectivity index (χ1) is 10.3. The molecule has 0 saturated carbocycles. The van der Waals surface area contributed by atoms with Crippen molar-refractivity contribution < 1.29 is 14.6 Å². The number of nitrogens with zero attached hydrogens (tertiary/aromatic N) is 1. The van der Waals surface area contributed by atoms with E-state index in [-0.39, 0.29) is 18.4 Å². The van der Waals surface area contributed by atoms with Gasteiger partial charge in [-0.05, 0) is 18.1 Å². The highest BCUT2D eigenvalue weighted by Crippen LogP contribution is 2.25. The van der Waals surface area contributed by atoms with Gasteiger partial charge in [0.25, 0.3) is 5.91 Å². The van der Waals surface area contributed by atoms with Crippen molar-refractivity contribution in [2.24, 2.45) is 11.3 Å². The van der Waals surface area contributed by atoms with Crippen molar-refractivity contribution in [1.29, 1.82) is 5.26 Å². The van der Waals surface area contributed by atoms with E-state index in [0.717, 1.165) is 0 Å². The number of benzene rings is 1. The van der Waals surface area contributed by atoms with Crippen LogP contribution in [0.2, 0.25) is 0 Å². The molecular weight excluding hydrogens is 280 g/mol. The lowest BCUT2D eigenvalue weighted by atomic mass is 9.81. The van der Waals surface area contributed by atoms with Gasteiger partial charge in [-0.25, -0.2) is 0 Å². The van der Waals surface area contributed by atoms with Gasteiger partial charge in [-0.15, -0.1) is 0 Å². The maximum atomic E-state index is 11.9. The van der Waals surface area contributed by atoms with Crippen LogP contribution in [0.3, 0.4) is 0 Å². The molecule has 0 aliphatic carbocycles. The molecule has 1 aromatic rings. The summed E-state index contributed by atoms with van der Waals surface area (Å²) in [6.45, 7) is 7.89. The van der Waals surface area contributed by atoms with Crippen LogP contribution in [0.4, 0.5) is 0 Å². The molecule has 0 spiro atoms. The number of aliphatic hydroxyl groups excluding tert-OH is 1. The van der Waals surface area contributed by atoms with Crippen LogP contribution < -0.4 is 10.1 Å². The van der Waals surface area contributed by atoms with Crippen molar-refractivity contribution in [3.8, 4) is 11.8 Å². The maximum absolute atomic E-state index is 11.9. The zero-order valence-corrected chi connectivity index (χ0v) is 13.6. The Bertz CT molecular complexity index is 547. The van der Waals surface area contributed by atoms with Crippen molar-refractivity contribution >= 4 is 5.91 Å². The van der Waals surface area contributed by atoms with Gasteiger partial charge in [-0.2, -0.15) is 5.26 Å². The quantitative estimate of drug-likeness (QED) is 0.808. The Labute approximate surface area is 131 Å². The molecule has 0 aliphatic heterocycles. The fourth-order valence-corrected chi connectivity index (χ4v) is 2.21. The molecule has 0 aliphatic rings. The Kier molecular flexibility index (Phi) is 6.39. The summed E-state index contributed by atoms with van der Waals surface area (Å²) in [5.74, 6) is 0.226. The number of carbonyl (C=O) groups is 1. The summed E-state index contributed by atoms with van der Waals surface area (Å²) in [6.07, 6.45) is -0.506. The topological polar surface area (TPSA) is 82.3 Å². The van der Waals surface area contributed by atoms with Gasteiger partial charge < -0.3 is 15.2 Å². The number of nitrogens with one attached hydrogen (secondary N) is 1. The van der Waals surface area contributed by atoms with Crippen molar-refractivity contribution in [3.05, 3.63) is 29.8 Å². The van der Waals surface area contributed by atoms with Crippen LogP contribution >= 0.6 is 0 Å². The molecule has 2 N–H and O–H groups in total. The number of carbonyl (C=O) groups excluding carboxylic acids is 1. The average molecular weight is 304 g/mol. The monoisotopic (exact) mass is 304 g/mol. The van der Waals surface area contributed by atoms with Gasteiger partial charge >= 0.3 is 0 Å². The van der Waals surface area contributed by atoms with E-state index in [1.165, 1.54) is 0 Å². The first-order valence-electron chi connectivity index (χ1n) is 7.34. The summed E-state index contributed by atoms with van der Waals surface area (Å²) in [5.41, 5.74) is -0.0279. The number of nitriles is 1. The second-order valence-corrected chi connectivity index (χ2v) is 6.35. The lowest BCUT2D eigenvalue weighted by Crippen LogP contribution is -2.44. The highest BCUT2D eigenvalue weighted by molar-refractivity contribution is 5.77. The van der Waals surface area contributed by atoms with E-state index in [1.54, 1.807) is 24.3 Å². The largest absolute Gasteiger partial charge is 0.482 e. The molecule has 22 heavy (non-hydrogen) atoms. The third kappa shape index (κ3) is 5.05. The third-order valence-electron chi connectivity index (χ3n) is 3.54. The number of hydrogen-bond acceptors (Lipinski definition) is 4. The number of aliphatic hydroxyl groups is 1. The molecule has 0 fully saturated rings. The Morgan fingerprint density at radius 3 is 2.64 bits per heavy atom. The number of hydrogen-bond donors (Lipinski definition) is 2. The molecule has 1 atom stereocenters. The maximum Gasteiger partial charge on any atom is 0.257 e. The molecule has 1 amide bonds. The Morgan fingerprint density at radius 2 is 2.05 bits per heavy atom. The van der Waals surface area contributed by atoms with E-state index < -0.39 is 11.5 Å². The standard InChI is InChI=1S/C17H24N2O3/c1-12(2)16(21)17(3,4)11-19-15(20)10-22-14-8-6-5-7-13(14)9-18/h5-8,12,16,21H,10-11H2,1-4H3,(H,19,20). The fraction of sp³-hybridized carbons (Fsp3) is 0.529. The van der Waals surface area contributed by atoms with Gasteiger partial charge in [-0.3, -0.25) is 4.79 Å². The van der Waals surface area contributed by atoms with Crippen LogP contribution in [0.25, 0.3) is 0 Å². The Hall–Kier alpha value is -2.06. The molecule has 0 saturated heterocycles. The summed E-state index contributed by atoms with van der Waals surface area (Å²) in [6, 6.07) is 8.78. The van der Waals surface area contributed by atoms with Gasteiger partial charge in [0.2, 0.25) is 0 Å². The van der Waals surface area contributed by atoms with E-state index in [9.17, 15) is 9.90 Å². The molecule has 0 heterocycles. The lowest BCUT2D eigenvalue weighted by molar-refractivity contribution is -0.124. The van der Waals surface area contributed by atoms with Crippen LogP contribution in [0, 0.1) is 22.7 Å². The molecule has 0 bridgehead atoms. The Balaban J connectivity index is 2.49. The smallest absolute Gasteiger partial charge is 0.257 e. The van der Waals surface area contributed by atoms with Crippen molar-refractivity contribution in [2.75, 3.05) is 13.2 Å². The van der Waals surface area contributed by atoms with Crippen LogP contribution in [0.15, 0.2) is 24.3 Å². The summed E-state index contributed by atoms with van der Waals surface area (Å²) >= 11 is 0. The minimum atomic E-state index is -0.506. The van der Waals surface area contributed by atoms with Gasteiger partial charge in [0.1, 0.15) is 11.8 Å². The first kappa shape index (κ1) is 18.0. The molecule has 5 nitrogen and oxygen atoms in total. The van der Waals surface area contributed by atoms with E-state index in [2.05, 4.69) is 5.32 Å². The van der Waals surface area contributed by atoms with Crippen LogP contribution in [-0.4, -0.2) is 30.3 Å². The van der Waals surface area contributed by atoms with Gasteiger partial charge in [0.15, 0.2) is 6.61 Å². The molecule has 1 aromatic carbocycles. The minimum Gasteiger partial charge on any atom is -0.482 e. The van der Waals surface area contributed by atoms with Crippen LogP contribution in [0.5, 0.6) is 5.75 Å². The molecule has 1 unspecified atom stereocenters. The average Bonchev–Trinajstić information content (AvgIpc) is 2.50. The normalized spacial score (nSPS) is 12.6. The molecule has 1 rings (SSSR count).